The van der Waals surface area contributed by atoms with Gasteiger partial charge in [-0.3, -0.25) is 4.79 Å². The standard InChI is InChI=1S/C7H12O2/c1-3-4-7(8)5-6-9-2/h5-6H,3-4H2,1-2H3/b6-5+. The summed E-state index contributed by atoms with van der Waals surface area (Å²) in [6.45, 7) is 1.97. The van der Waals surface area contributed by atoms with Gasteiger partial charge < -0.3 is 4.74 Å². The van der Waals surface area contributed by atoms with Gasteiger partial charge in [0.15, 0.2) is 5.78 Å². The monoisotopic (exact) mass is 128 g/mol. The predicted octanol–water partition coefficient (Wildman–Crippen LogP) is 1.52. The zero-order valence-electron chi connectivity index (χ0n) is 5.89. The van der Waals surface area contributed by atoms with Crippen LogP contribution < -0.4 is 0 Å². The molecule has 0 bridgehead atoms. The van der Waals surface area contributed by atoms with Crippen LogP contribution in [0.3, 0.4) is 0 Å². The number of ether oxygens (including phenoxy) is 1. The van der Waals surface area contributed by atoms with E-state index < -0.39 is 0 Å². The molecule has 2 heteroatoms. The number of carbonyl (C=O) groups excluding carboxylic acids is 1. The summed E-state index contributed by atoms with van der Waals surface area (Å²) >= 11 is 0. The molecule has 0 heterocycles. The molecule has 0 spiro atoms. The van der Waals surface area contributed by atoms with Crippen LogP contribution in [0.5, 0.6) is 0 Å². The van der Waals surface area contributed by atoms with Crippen LogP contribution in [-0.2, 0) is 9.53 Å². The van der Waals surface area contributed by atoms with Crippen LogP contribution >= 0.6 is 0 Å². The summed E-state index contributed by atoms with van der Waals surface area (Å²) in [6, 6.07) is 0. The molecule has 0 saturated heterocycles. The van der Waals surface area contributed by atoms with Crippen molar-refractivity contribution in [2.75, 3.05) is 7.11 Å². The van der Waals surface area contributed by atoms with Crippen LogP contribution in [0.4, 0.5) is 0 Å². The fraction of sp³-hybridized carbons (Fsp3) is 0.571. The number of methoxy groups -OCH3 is 1. The van der Waals surface area contributed by atoms with E-state index >= 15 is 0 Å². The van der Waals surface area contributed by atoms with Gasteiger partial charge in [-0.25, -0.2) is 0 Å². The largest absolute Gasteiger partial charge is 0.504 e. The molecular formula is C7H12O2. The van der Waals surface area contributed by atoms with Crippen LogP contribution in [-0.4, -0.2) is 12.9 Å². The van der Waals surface area contributed by atoms with Crippen molar-refractivity contribution >= 4 is 5.78 Å². The highest BCUT2D eigenvalue weighted by Gasteiger charge is 1.90. The van der Waals surface area contributed by atoms with Crippen LogP contribution in [0.15, 0.2) is 12.3 Å². The Morgan fingerprint density at radius 3 is 2.78 bits per heavy atom. The molecule has 0 aliphatic heterocycles. The maximum absolute atomic E-state index is 10.6. The topological polar surface area (TPSA) is 26.3 Å². The molecule has 0 unspecified atom stereocenters. The SMILES string of the molecule is CCCC(=O)/C=C/OC. The number of rotatable bonds is 4. The smallest absolute Gasteiger partial charge is 0.158 e. The minimum atomic E-state index is 0.124. The number of hydrogen-bond donors (Lipinski definition) is 0. The number of allylic oxidation sites excluding steroid dienone is 1. The second-order valence-corrected chi connectivity index (χ2v) is 1.75. The van der Waals surface area contributed by atoms with Gasteiger partial charge in [-0.05, 0) is 6.42 Å². The first-order valence-electron chi connectivity index (χ1n) is 3.03. The van der Waals surface area contributed by atoms with Crippen LogP contribution in [0, 0.1) is 0 Å². The van der Waals surface area contributed by atoms with E-state index in [0.717, 1.165) is 6.42 Å². The first-order valence-corrected chi connectivity index (χ1v) is 3.03. The van der Waals surface area contributed by atoms with Gasteiger partial charge in [0.05, 0.1) is 13.4 Å². The molecular weight excluding hydrogens is 116 g/mol. The third kappa shape index (κ3) is 5.07. The summed E-state index contributed by atoms with van der Waals surface area (Å²) in [5.41, 5.74) is 0. The second-order valence-electron chi connectivity index (χ2n) is 1.75. The molecule has 0 atom stereocenters. The van der Waals surface area contributed by atoms with Gasteiger partial charge in [0.25, 0.3) is 0 Å². The van der Waals surface area contributed by atoms with E-state index in [9.17, 15) is 4.79 Å². The molecule has 0 saturated carbocycles. The summed E-state index contributed by atoms with van der Waals surface area (Å²) in [4.78, 5) is 10.6. The zero-order valence-corrected chi connectivity index (χ0v) is 5.89. The maximum atomic E-state index is 10.6. The first kappa shape index (κ1) is 8.21. The molecule has 0 aromatic heterocycles. The van der Waals surface area contributed by atoms with E-state index in [1.807, 2.05) is 6.92 Å². The Hall–Kier alpha value is -0.790. The molecule has 0 aromatic carbocycles. The highest BCUT2D eigenvalue weighted by Crippen LogP contribution is 1.89. The van der Waals surface area contributed by atoms with Crippen LogP contribution in [0.1, 0.15) is 19.8 Å². The zero-order chi connectivity index (χ0) is 7.11. The highest BCUT2D eigenvalue weighted by molar-refractivity contribution is 5.89. The lowest BCUT2D eigenvalue weighted by Crippen LogP contribution is -1.89. The van der Waals surface area contributed by atoms with Crippen molar-refractivity contribution in [1.29, 1.82) is 0 Å². The minimum Gasteiger partial charge on any atom is -0.504 e. The minimum absolute atomic E-state index is 0.124. The average molecular weight is 128 g/mol. The van der Waals surface area contributed by atoms with E-state index in [1.54, 1.807) is 0 Å². The summed E-state index contributed by atoms with van der Waals surface area (Å²) in [7, 11) is 1.52. The Bertz CT molecular complexity index is 105. The normalized spacial score (nSPS) is 10.0. The van der Waals surface area contributed by atoms with E-state index in [4.69, 9.17) is 0 Å². The highest BCUT2D eigenvalue weighted by atomic mass is 16.5. The summed E-state index contributed by atoms with van der Waals surface area (Å²) < 4.78 is 4.56. The molecule has 0 aromatic rings. The molecule has 0 rings (SSSR count). The number of carbonyl (C=O) groups is 1. The van der Waals surface area contributed by atoms with E-state index in [2.05, 4.69) is 4.74 Å². The Balaban J connectivity index is 3.37. The molecule has 52 valence electrons. The molecule has 0 radical (unpaired) electrons. The summed E-state index contributed by atoms with van der Waals surface area (Å²) in [5, 5.41) is 0. The Morgan fingerprint density at radius 2 is 2.33 bits per heavy atom. The Kier molecular flexibility index (Phi) is 4.88. The number of hydrogen-bond acceptors (Lipinski definition) is 2. The molecule has 9 heavy (non-hydrogen) atoms. The van der Waals surface area contributed by atoms with Gasteiger partial charge in [-0.15, -0.1) is 0 Å². The lowest BCUT2D eigenvalue weighted by Gasteiger charge is -1.87. The molecule has 0 N–H and O–H groups in total. The quantitative estimate of drug-likeness (QED) is 0.424. The van der Waals surface area contributed by atoms with Crippen molar-refractivity contribution in [2.24, 2.45) is 0 Å². The third-order valence-corrected chi connectivity index (χ3v) is 0.886. The maximum Gasteiger partial charge on any atom is 0.158 e. The summed E-state index contributed by atoms with van der Waals surface area (Å²) in [6.07, 6.45) is 4.36. The van der Waals surface area contributed by atoms with Crippen molar-refractivity contribution in [2.45, 2.75) is 19.8 Å². The third-order valence-electron chi connectivity index (χ3n) is 0.886. The van der Waals surface area contributed by atoms with E-state index in [0.29, 0.717) is 6.42 Å². The van der Waals surface area contributed by atoms with Crippen molar-refractivity contribution in [3.8, 4) is 0 Å². The van der Waals surface area contributed by atoms with Crippen molar-refractivity contribution in [3.63, 3.8) is 0 Å². The van der Waals surface area contributed by atoms with Gasteiger partial charge in [0.1, 0.15) is 0 Å². The average Bonchev–Trinajstić information content (AvgIpc) is 1.85. The second kappa shape index (κ2) is 5.35. The fourth-order valence-corrected chi connectivity index (χ4v) is 0.474. The lowest BCUT2D eigenvalue weighted by atomic mass is 10.2. The Morgan fingerprint density at radius 1 is 1.67 bits per heavy atom. The fourth-order valence-electron chi connectivity index (χ4n) is 0.474. The van der Waals surface area contributed by atoms with Crippen LogP contribution in [0.25, 0.3) is 0 Å². The van der Waals surface area contributed by atoms with E-state index in [-0.39, 0.29) is 5.78 Å². The van der Waals surface area contributed by atoms with Gasteiger partial charge >= 0.3 is 0 Å². The van der Waals surface area contributed by atoms with Crippen LogP contribution in [0.2, 0.25) is 0 Å². The molecule has 2 nitrogen and oxygen atoms in total. The number of ketones is 1. The van der Waals surface area contributed by atoms with Gasteiger partial charge in [0.2, 0.25) is 0 Å². The van der Waals surface area contributed by atoms with Crippen molar-refractivity contribution in [1.82, 2.24) is 0 Å². The molecule has 0 amide bonds. The van der Waals surface area contributed by atoms with Gasteiger partial charge in [0, 0.05) is 12.5 Å². The first-order chi connectivity index (χ1) is 4.31. The molecule has 0 aliphatic carbocycles. The van der Waals surface area contributed by atoms with Gasteiger partial charge in [-0.2, -0.15) is 0 Å². The van der Waals surface area contributed by atoms with E-state index in [1.165, 1.54) is 19.4 Å². The Labute approximate surface area is 55.5 Å². The lowest BCUT2D eigenvalue weighted by molar-refractivity contribution is -0.114. The molecule has 0 fully saturated rings. The van der Waals surface area contributed by atoms with Crippen molar-refractivity contribution < 1.29 is 9.53 Å². The predicted molar refractivity (Wildman–Crippen MR) is 36.1 cm³/mol. The summed E-state index contributed by atoms with van der Waals surface area (Å²) in [5.74, 6) is 0.124. The molecule has 0 aliphatic rings. The van der Waals surface area contributed by atoms with Gasteiger partial charge in [-0.1, -0.05) is 6.92 Å². The van der Waals surface area contributed by atoms with Crippen molar-refractivity contribution in [3.05, 3.63) is 12.3 Å².